The maximum atomic E-state index is 9.72. The number of hydrogen-bond donors (Lipinski definition) is 8. The van der Waals surface area contributed by atoms with Crippen LogP contribution in [0.15, 0.2) is 35.4 Å². The van der Waals surface area contributed by atoms with E-state index in [-0.39, 0.29) is 0 Å². The molecule has 0 spiro atoms. The highest BCUT2D eigenvalue weighted by Crippen LogP contribution is 2.11. The Morgan fingerprint density at radius 3 is 2.00 bits per heavy atom. The van der Waals surface area contributed by atoms with Gasteiger partial charge in [0.2, 0.25) is 0 Å². The third kappa shape index (κ3) is 5.84. The van der Waals surface area contributed by atoms with E-state index in [1.807, 2.05) is 0 Å². The zero-order valence-corrected chi connectivity index (χ0v) is 12.2. The number of aliphatic hydroxyl groups excluding tert-OH is 7. The summed E-state index contributed by atoms with van der Waals surface area (Å²) in [7, 11) is 0. The lowest BCUT2D eigenvalue weighted by atomic mass is 9.97. The van der Waals surface area contributed by atoms with Crippen molar-refractivity contribution in [3.8, 4) is 0 Å². The summed E-state index contributed by atoms with van der Waals surface area (Å²) in [6.45, 7) is -0.841. The summed E-state index contributed by atoms with van der Waals surface area (Å²) in [6.07, 6.45) is -10.1. The van der Waals surface area contributed by atoms with Crippen LogP contribution in [0.3, 0.4) is 0 Å². The van der Waals surface area contributed by atoms with Crippen LogP contribution < -0.4 is 5.43 Å². The summed E-state index contributed by atoms with van der Waals surface area (Å²) in [5, 5.41) is 69.7. The number of rotatable bonds is 9. The molecular formula is C14H22N2O7. The molecule has 0 heterocycles. The molecule has 9 nitrogen and oxygen atoms in total. The van der Waals surface area contributed by atoms with Crippen LogP contribution >= 0.6 is 0 Å². The van der Waals surface area contributed by atoms with Crippen LogP contribution in [0.25, 0.3) is 0 Å². The van der Waals surface area contributed by atoms with Crippen molar-refractivity contribution < 1.29 is 35.7 Å². The van der Waals surface area contributed by atoms with Crippen LogP contribution in [0.4, 0.5) is 5.69 Å². The molecule has 0 radical (unpaired) electrons. The van der Waals surface area contributed by atoms with Crippen LogP contribution in [0.1, 0.15) is 0 Å². The van der Waals surface area contributed by atoms with Crippen LogP contribution in [-0.4, -0.2) is 85.2 Å². The molecule has 6 atom stereocenters. The minimum atomic E-state index is -1.97. The van der Waals surface area contributed by atoms with Gasteiger partial charge in [-0.05, 0) is 12.1 Å². The fourth-order valence-electron chi connectivity index (χ4n) is 1.73. The van der Waals surface area contributed by atoms with Crippen LogP contribution in [0.2, 0.25) is 0 Å². The summed E-state index contributed by atoms with van der Waals surface area (Å²) in [6, 6.07) is 8.75. The molecule has 1 rings (SSSR count). The van der Waals surface area contributed by atoms with Gasteiger partial charge in [-0.25, -0.2) is 0 Å². The molecule has 9 heteroatoms. The molecule has 0 saturated carbocycles. The van der Waals surface area contributed by atoms with Gasteiger partial charge < -0.3 is 35.7 Å². The number of aliphatic hydroxyl groups is 7. The van der Waals surface area contributed by atoms with Gasteiger partial charge in [0.15, 0.2) is 0 Å². The number of nitrogens with zero attached hydrogens (tertiary/aromatic N) is 1. The second-order valence-corrected chi connectivity index (χ2v) is 4.96. The SMILES string of the molecule is OC[C@@H](O)[C@@H](O)[C@@H](O)[C@@H](O)[C@@H](O)[C@@H](O)/C=N\Nc1ccccc1. The van der Waals surface area contributed by atoms with E-state index >= 15 is 0 Å². The highest BCUT2D eigenvalue weighted by Gasteiger charge is 2.36. The Morgan fingerprint density at radius 1 is 0.870 bits per heavy atom. The molecule has 1 aromatic carbocycles. The van der Waals surface area contributed by atoms with Crippen LogP contribution in [0, 0.1) is 0 Å². The summed E-state index contributed by atoms with van der Waals surface area (Å²) in [5.74, 6) is 0. The lowest BCUT2D eigenvalue weighted by Gasteiger charge is -2.29. The predicted molar refractivity (Wildman–Crippen MR) is 81.7 cm³/mol. The normalized spacial score (nSPS) is 19.8. The molecule has 0 saturated heterocycles. The summed E-state index contributed by atoms with van der Waals surface area (Å²) in [4.78, 5) is 0. The minimum absolute atomic E-state index is 0.632. The first-order chi connectivity index (χ1) is 10.9. The van der Waals surface area contributed by atoms with Crippen molar-refractivity contribution in [1.82, 2.24) is 0 Å². The topological polar surface area (TPSA) is 166 Å². The van der Waals surface area contributed by atoms with Gasteiger partial charge in [-0.2, -0.15) is 5.10 Å². The van der Waals surface area contributed by atoms with E-state index in [0.717, 1.165) is 6.21 Å². The van der Waals surface area contributed by atoms with E-state index in [2.05, 4.69) is 10.5 Å². The quantitative estimate of drug-likeness (QED) is 0.178. The highest BCUT2D eigenvalue weighted by molar-refractivity contribution is 5.65. The molecule has 1 aromatic rings. The molecule has 0 aliphatic heterocycles. The average Bonchev–Trinajstić information content (AvgIpc) is 2.59. The lowest BCUT2D eigenvalue weighted by Crippen LogP contribution is -2.53. The van der Waals surface area contributed by atoms with Gasteiger partial charge in [0.1, 0.15) is 36.6 Å². The highest BCUT2D eigenvalue weighted by atomic mass is 16.4. The first-order valence-electron chi connectivity index (χ1n) is 6.92. The summed E-state index contributed by atoms with van der Waals surface area (Å²) < 4.78 is 0. The Bertz CT molecular complexity index is 473. The van der Waals surface area contributed by atoms with E-state index in [0.29, 0.717) is 5.69 Å². The van der Waals surface area contributed by atoms with Crippen molar-refractivity contribution in [2.45, 2.75) is 36.6 Å². The van der Waals surface area contributed by atoms with E-state index in [1.165, 1.54) is 0 Å². The Morgan fingerprint density at radius 2 is 1.43 bits per heavy atom. The first-order valence-corrected chi connectivity index (χ1v) is 6.92. The van der Waals surface area contributed by atoms with Gasteiger partial charge in [-0.15, -0.1) is 0 Å². The van der Waals surface area contributed by atoms with Crippen LogP contribution in [0.5, 0.6) is 0 Å². The maximum absolute atomic E-state index is 9.72. The van der Waals surface area contributed by atoms with E-state index in [1.54, 1.807) is 30.3 Å². The maximum Gasteiger partial charge on any atom is 0.119 e. The van der Waals surface area contributed by atoms with Gasteiger partial charge in [-0.1, -0.05) is 18.2 Å². The number of para-hydroxylation sites is 1. The molecule has 0 amide bonds. The molecule has 23 heavy (non-hydrogen) atoms. The van der Waals surface area contributed by atoms with Crippen molar-refractivity contribution in [3.05, 3.63) is 30.3 Å². The molecule has 8 N–H and O–H groups in total. The van der Waals surface area contributed by atoms with E-state index in [4.69, 9.17) is 5.11 Å². The van der Waals surface area contributed by atoms with Gasteiger partial charge in [-0.3, -0.25) is 5.43 Å². The Hall–Kier alpha value is -1.59. The zero-order valence-electron chi connectivity index (χ0n) is 12.2. The van der Waals surface area contributed by atoms with Gasteiger partial charge in [0.25, 0.3) is 0 Å². The van der Waals surface area contributed by atoms with Crippen molar-refractivity contribution in [1.29, 1.82) is 0 Å². The molecular weight excluding hydrogens is 308 g/mol. The third-order valence-electron chi connectivity index (χ3n) is 3.18. The van der Waals surface area contributed by atoms with Crippen molar-refractivity contribution in [2.75, 3.05) is 12.0 Å². The first kappa shape index (κ1) is 19.5. The Labute approximate surface area is 132 Å². The Kier molecular flexibility index (Phi) is 8.06. The van der Waals surface area contributed by atoms with Gasteiger partial charge in [0.05, 0.1) is 18.5 Å². The molecule has 0 fully saturated rings. The second-order valence-electron chi connectivity index (χ2n) is 4.96. The van der Waals surface area contributed by atoms with E-state index < -0.39 is 43.2 Å². The lowest BCUT2D eigenvalue weighted by molar-refractivity contribution is -0.150. The smallest absolute Gasteiger partial charge is 0.119 e. The average molecular weight is 330 g/mol. The molecule has 0 unspecified atom stereocenters. The monoisotopic (exact) mass is 330 g/mol. The largest absolute Gasteiger partial charge is 0.394 e. The third-order valence-corrected chi connectivity index (χ3v) is 3.18. The van der Waals surface area contributed by atoms with Crippen molar-refractivity contribution >= 4 is 11.9 Å². The van der Waals surface area contributed by atoms with Crippen molar-refractivity contribution in [3.63, 3.8) is 0 Å². The molecule has 0 bridgehead atoms. The summed E-state index contributed by atoms with van der Waals surface area (Å²) >= 11 is 0. The standard InChI is InChI=1S/C14H22N2O7/c17-7-10(19)12(21)14(23)13(22)11(20)9(18)6-15-16-8-4-2-1-3-5-8/h1-6,9-14,16-23H,7H2/b15-6-/t9-,10+,11-,12+,13-,14+/m0/s1. The number of anilines is 1. The number of benzene rings is 1. The zero-order chi connectivity index (χ0) is 17.4. The minimum Gasteiger partial charge on any atom is -0.394 e. The fourth-order valence-corrected chi connectivity index (χ4v) is 1.73. The van der Waals surface area contributed by atoms with Gasteiger partial charge >= 0.3 is 0 Å². The van der Waals surface area contributed by atoms with Gasteiger partial charge in [0, 0.05) is 0 Å². The molecule has 0 aliphatic carbocycles. The number of hydrazone groups is 1. The predicted octanol–water partition coefficient (Wildman–Crippen LogP) is -2.76. The van der Waals surface area contributed by atoms with E-state index in [9.17, 15) is 30.6 Å². The fraction of sp³-hybridized carbons (Fsp3) is 0.500. The summed E-state index contributed by atoms with van der Waals surface area (Å²) in [5.41, 5.74) is 3.21. The Balaban J connectivity index is 2.55. The van der Waals surface area contributed by atoms with Crippen LogP contribution in [-0.2, 0) is 0 Å². The second kappa shape index (κ2) is 9.53. The molecule has 0 aromatic heterocycles. The number of hydrogen-bond acceptors (Lipinski definition) is 9. The van der Waals surface area contributed by atoms with Crippen molar-refractivity contribution in [2.24, 2.45) is 5.10 Å². The molecule has 130 valence electrons. The molecule has 0 aliphatic rings. The number of nitrogens with one attached hydrogen (secondary N) is 1.